The molecule has 0 amide bonds. The minimum atomic E-state index is -1.22. The molecule has 0 radical (unpaired) electrons. The van der Waals surface area contributed by atoms with Crippen molar-refractivity contribution < 1.29 is 29.5 Å². The number of methoxy groups -OCH3 is 1. The molecule has 1 aromatic carbocycles. The zero-order chi connectivity index (χ0) is 18.7. The maximum Gasteiger partial charge on any atom is 0.187 e. The van der Waals surface area contributed by atoms with E-state index in [2.05, 4.69) is 12.0 Å². The van der Waals surface area contributed by atoms with Crippen molar-refractivity contribution in [1.29, 1.82) is 0 Å². The summed E-state index contributed by atoms with van der Waals surface area (Å²) in [6.07, 6.45) is -0.341. The number of aromatic nitrogens is 1. The molecule has 5 atom stereocenters. The van der Waals surface area contributed by atoms with Gasteiger partial charge in [0.1, 0.15) is 24.4 Å². The first kappa shape index (κ1) is 18.7. The molecule has 7 heteroatoms. The highest BCUT2D eigenvalue weighted by Crippen LogP contribution is 2.24. The van der Waals surface area contributed by atoms with Crippen LogP contribution < -0.4 is 0 Å². The normalized spacial score (nSPS) is 28.6. The SMILES string of the molecule is CO[C@@H]1O[C@H](CO)[C@H](O)[C@H](OC#CCc2cn(C)c3ccccc23)[C@H]1O. The lowest BCUT2D eigenvalue weighted by Gasteiger charge is -2.39. The number of aryl methyl sites for hydroxylation is 1. The number of hydrogen-bond acceptors (Lipinski definition) is 6. The standard InChI is InChI=1S/C19H23NO6/c1-20-10-12(13-7-3-4-8-14(13)20)6-5-9-25-18-16(22)15(11-21)26-19(24-2)17(18)23/h3-4,7-8,10,15-19,21-23H,6,11H2,1-2H3/t15-,16+,17-,18+,19-/m1/s1. The lowest BCUT2D eigenvalue weighted by atomic mass is 9.99. The van der Waals surface area contributed by atoms with Gasteiger partial charge in [0, 0.05) is 37.7 Å². The minimum absolute atomic E-state index is 0.420. The summed E-state index contributed by atoms with van der Waals surface area (Å²) >= 11 is 0. The number of fused-ring (bicyclic) bond motifs is 1. The second-order valence-electron chi connectivity index (χ2n) is 6.26. The number of aliphatic hydroxyl groups excluding tert-OH is 3. The first-order valence-corrected chi connectivity index (χ1v) is 8.38. The molecule has 1 saturated heterocycles. The minimum Gasteiger partial charge on any atom is -0.437 e. The van der Waals surface area contributed by atoms with E-state index in [9.17, 15) is 15.3 Å². The molecular formula is C19H23NO6. The maximum atomic E-state index is 10.2. The van der Waals surface area contributed by atoms with Crippen molar-refractivity contribution in [3.05, 3.63) is 36.0 Å². The first-order chi connectivity index (χ1) is 12.6. The molecule has 3 rings (SSSR count). The van der Waals surface area contributed by atoms with E-state index in [1.54, 1.807) is 0 Å². The van der Waals surface area contributed by atoms with Crippen LogP contribution in [0.25, 0.3) is 10.9 Å². The van der Waals surface area contributed by atoms with Gasteiger partial charge in [0.15, 0.2) is 12.4 Å². The number of ether oxygens (including phenoxy) is 3. The van der Waals surface area contributed by atoms with Crippen molar-refractivity contribution in [1.82, 2.24) is 4.57 Å². The Bertz CT molecular complexity index is 791. The number of aliphatic hydroxyl groups is 3. The van der Waals surface area contributed by atoms with Crippen LogP contribution in [0.4, 0.5) is 0 Å². The molecule has 26 heavy (non-hydrogen) atoms. The van der Waals surface area contributed by atoms with E-state index < -0.39 is 37.3 Å². The summed E-state index contributed by atoms with van der Waals surface area (Å²) in [6.45, 7) is -0.420. The molecule has 1 aromatic heterocycles. The Labute approximate surface area is 151 Å². The summed E-state index contributed by atoms with van der Waals surface area (Å²) in [4.78, 5) is 0. The molecule has 3 N–H and O–H groups in total. The van der Waals surface area contributed by atoms with E-state index in [0.717, 1.165) is 16.5 Å². The van der Waals surface area contributed by atoms with Crippen LogP contribution in [0, 0.1) is 12.0 Å². The Balaban J connectivity index is 1.70. The highest BCUT2D eigenvalue weighted by molar-refractivity contribution is 5.84. The van der Waals surface area contributed by atoms with Crippen LogP contribution in [-0.2, 0) is 27.7 Å². The Morgan fingerprint density at radius 1 is 1.23 bits per heavy atom. The molecule has 7 nitrogen and oxygen atoms in total. The molecule has 140 valence electrons. The van der Waals surface area contributed by atoms with Gasteiger partial charge in [-0.15, -0.1) is 0 Å². The largest absolute Gasteiger partial charge is 0.437 e. The quantitative estimate of drug-likeness (QED) is 0.672. The Kier molecular flexibility index (Phi) is 5.81. The predicted octanol–water partition coefficient (Wildman–Crippen LogP) is 0.152. The predicted molar refractivity (Wildman–Crippen MR) is 94.0 cm³/mol. The van der Waals surface area contributed by atoms with Crippen LogP contribution in [0.3, 0.4) is 0 Å². The van der Waals surface area contributed by atoms with Gasteiger partial charge in [-0.2, -0.15) is 0 Å². The molecule has 0 saturated carbocycles. The Morgan fingerprint density at radius 3 is 2.73 bits per heavy atom. The van der Waals surface area contributed by atoms with Crippen molar-refractivity contribution in [2.75, 3.05) is 13.7 Å². The Hall–Kier alpha value is -2.08. The van der Waals surface area contributed by atoms with E-state index in [-0.39, 0.29) is 0 Å². The third kappa shape index (κ3) is 3.56. The van der Waals surface area contributed by atoms with Crippen LogP contribution in [-0.4, -0.2) is 64.3 Å². The topological polar surface area (TPSA) is 93.3 Å². The van der Waals surface area contributed by atoms with Crippen LogP contribution in [0.1, 0.15) is 5.56 Å². The van der Waals surface area contributed by atoms with Gasteiger partial charge >= 0.3 is 0 Å². The van der Waals surface area contributed by atoms with Gasteiger partial charge in [-0.3, -0.25) is 0 Å². The van der Waals surface area contributed by atoms with E-state index in [1.807, 2.05) is 42.1 Å². The number of rotatable bonds is 4. The molecule has 1 aliphatic heterocycles. The van der Waals surface area contributed by atoms with Crippen LogP contribution >= 0.6 is 0 Å². The lowest BCUT2D eigenvalue weighted by Crippen LogP contribution is -2.59. The number of para-hydroxylation sites is 1. The van der Waals surface area contributed by atoms with E-state index in [4.69, 9.17) is 14.2 Å². The maximum absolute atomic E-state index is 10.2. The fraction of sp³-hybridized carbons (Fsp3) is 0.474. The Morgan fingerprint density at radius 2 is 2.00 bits per heavy atom. The first-order valence-electron chi connectivity index (χ1n) is 8.38. The van der Waals surface area contributed by atoms with E-state index >= 15 is 0 Å². The van der Waals surface area contributed by atoms with Gasteiger partial charge in [-0.05, 0) is 11.6 Å². The van der Waals surface area contributed by atoms with Crippen molar-refractivity contribution in [3.8, 4) is 12.0 Å². The fourth-order valence-corrected chi connectivity index (χ4v) is 3.19. The highest BCUT2D eigenvalue weighted by Gasteiger charge is 2.46. The van der Waals surface area contributed by atoms with Gasteiger partial charge in [0.25, 0.3) is 0 Å². The van der Waals surface area contributed by atoms with Gasteiger partial charge in [-0.25, -0.2) is 0 Å². The number of hydrogen-bond donors (Lipinski definition) is 3. The molecule has 0 unspecified atom stereocenters. The molecule has 1 aliphatic rings. The summed E-state index contributed by atoms with van der Waals surface area (Å²) in [7, 11) is 3.34. The summed E-state index contributed by atoms with van der Waals surface area (Å²) in [6, 6.07) is 8.04. The van der Waals surface area contributed by atoms with Crippen molar-refractivity contribution in [2.45, 2.75) is 37.1 Å². The summed E-state index contributed by atoms with van der Waals surface area (Å²) < 4.78 is 17.7. The van der Waals surface area contributed by atoms with Crippen molar-refractivity contribution in [3.63, 3.8) is 0 Å². The van der Waals surface area contributed by atoms with Crippen molar-refractivity contribution >= 4 is 10.9 Å². The molecule has 2 heterocycles. The number of nitrogens with zero attached hydrogens (tertiary/aromatic N) is 1. The molecule has 2 aromatic rings. The fourth-order valence-electron chi connectivity index (χ4n) is 3.19. The van der Waals surface area contributed by atoms with E-state index in [1.165, 1.54) is 7.11 Å². The van der Waals surface area contributed by atoms with Crippen LogP contribution in [0.2, 0.25) is 0 Å². The zero-order valence-electron chi connectivity index (χ0n) is 14.7. The third-order valence-electron chi connectivity index (χ3n) is 4.58. The summed E-state index contributed by atoms with van der Waals surface area (Å²) in [5.41, 5.74) is 2.18. The molecule has 0 bridgehead atoms. The third-order valence-corrected chi connectivity index (χ3v) is 4.58. The van der Waals surface area contributed by atoms with Gasteiger partial charge < -0.3 is 34.1 Å². The smallest absolute Gasteiger partial charge is 0.187 e. The van der Waals surface area contributed by atoms with Gasteiger partial charge in [0.05, 0.1) is 6.61 Å². The van der Waals surface area contributed by atoms with Gasteiger partial charge in [0.2, 0.25) is 0 Å². The zero-order valence-corrected chi connectivity index (χ0v) is 14.7. The monoisotopic (exact) mass is 361 g/mol. The second-order valence-corrected chi connectivity index (χ2v) is 6.26. The average molecular weight is 361 g/mol. The second kappa shape index (κ2) is 8.08. The highest BCUT2D eigenvalue weighted by atomic mass is 16.7. The van der Waals surface area contributed by atoms with Gasteiger partial charge in [-0.1, -0.05) is 24.1 Å². The molecule has 0 aliphatic carbocycles. The molecule has 0 spiro atoms. The average Bonchev–Trinajstić information content (AvgIpc) is 2.97. The van der Waals surface area contributed by atoms with Crippen molar-refractivity contribution in [2.24, 2.45) is 7.05 Å². The van der Waals surface area contributed by atoms with E-state index in [0.29, 0.717) is 6.42 Å². The lowest BCUT2D eigenvalue weighted by molar-refractivity contribution is -0.293. The summed E-state index contributed by atoms with van der Waals surface area (Å²) in [5.74, 6) is 2.91. The number of benzene rings is 1. The van der Waals surface area contributed by atoms with Crippen LogP contribution in [0.5, 0.6) is 0 Å². The summed E-state index contributed by atoms with van der Waals surface area (Å²) in [5, 5.41) is 30.8. The molecule has 1 fully saturated rings. The molecular weight excluding hydrogens is 338 g/mol. The van der Waals surface area contributed by atoms with Crippen LogP contribution in [0.15, 0.2) is 30.5 Å².